The van der Waals surface area contributed by atoms with Crippen LogP contribution < -0.4 is 0 Å². The highest BCUT2D eigenvalue weighted by atomic mass is 32.2. The third kappa shape index (κ3) is 4.30. The van der Waals surface area contributed by atoms with Crippen molar-refractivity contribution >= 4 is 40.9 Å². The second-order valence-electron chi connectivity index (χ2n) is 6.04. The van der Waals surface area contributed by atoms with Crippen molar-refractivity contribution in [2.75, 3.05) is 7.11 Å². The Bertz CT molecular complexity index is 1040. The number of nitrogens with zero attached hydrogens (tertiary/aromatic N) is 1. The van der Waals surface area contributed by atoms with Gasteiger partial charge in [-0.3, -0.25) is 14.5 Å². The predicted octanol–water partition coefficient (Wildman–Crippen LogP) is 3.11. The van der Waals surface area contributed by atoms with E-state index in [4.69, 9.17) is 5.11 Å². The molecule has 0 saturated carbocycles. The standard InChI is InChI=1S/C20H15NO7S/c1-28-19(26)13-5-2-11(3-6-13)10-21-17(23)16(29-20(21)27)9-12-4-7-15(22)14(8-12)18(24)25/h2-9,22H,10H2,1H3,(H,24,25)/b16-9-. The molecule has 0 atom stereocenters. The SMILES string of the molecule is COC(=O)c1ccc(CN2C(=O)S/C(=C\c3ccc(O)c(C(=O)O)c3)C2=O)cc1. The summed E-state index contributed by atoms with van der Waals surface area (Å²) in [4.78, 5) is 48.7. The van der Waals surface area contributed by atoms with Gasteiger partial charge in [-0.25, -0.2) is 9.59 Å². The van der Waals surface area contributed by atoms with E-state index in [0.717, 1.165) is 16.7 Å². The molecule has 8 nitrogen and oxygen atoms in total. The number of benzene rings is 2. The number of methoxy groups -OCH3 is 1. The van der Waals surface area contributed by atoms with E-state index in [1.165, 1.54) is 31.4 Å². The van der Waals surface area contributed by atoms with Crippen molar-refractivity contribution in [3.05, 3.63) is 69.6 Å². The first-order chi connectivity index (χ1) is 13.8. The Labute approximate surface area is 169 Å². The van der Waals surface area contributed by atoms with Crippen molar-refractivity contribution < 1.29 is 34.1 Å². The fourth-order valence-electron chi connectivity index (χ4n) is 2.65. The summed E-state index contributed by atoms with van der Waals surface area (Å²) in [7, 11) is 1.27. The van der Waals surface area contributed by atoms with E-state index < -0.39 is 28.8 Å². The molecule has 0 unspecified atom stereocenters. The molecule has 2 aromatic rings. The van der Waals surface area contributed by atoms with E-state index in [-0.39, 0.29) is 17.0 Å². The largest absolute Gasteiger partial charge is 0.507 e. The first kappa shape index (κ1) is 20.2. The summed E-state index contributed by atoms with van der Waals surface area (Å²) in [6.07, 6.45) is 1.40. The van der Waals surface area contributed by atoms with Crippen LogP contribution in [0.15, 0.2) is 47.4 Å². The highest BCUT2D eigenvalue weighted by molar-refractivity contribution is 8.18. The van der Waals surface area contributed by atoms with Crippen LogP contribution in [0.5, 0.6) is 5.75 Å². The molecule has 2 aromatic carbocycles. The van der Waals surface area contributed by atoms with Crippen LogP contribution in [0, 0.1) is 0 Å². The number of imide groups is 1. The molecule has 0 spiro atoms. The molecule has 0 radical (unpaired) electrons. The fourth-order valence-corrected chi connectivity index (χ4v) is 3.49. The number of carboxylic acids is 1. The minimum Gasteiger partial charge on any atom is -0.507 e. The number of esters is 1. The maximum absolute atomic E-state index is 12.6. The Morgan fingerprint density at radius 1 is 1.14 bits per heavy atom. The van der Waals surface area contributed by atoms with Gasteiger partial charge in [-0.15, -0.1) is 0 Å². The summed E-state index contributed by atoms with van der Waals surface area (Å²) < 4.78 is 4.62. The number of hydrogen-bond donors (Lipinski definition) is 2. The lowest BCUT2D eigenvalue weighted by Crippen LogP contribution is -2.27. The van der Waals surface area contributed by atoms with Gasteiger partial charge in [0.15, 0.2) is 0 Å². The van der Waals surface area contributed by atoms with E-state index in [0.29, 0.717) is 16.7 Å². The zero-order chi connectivity index (χ0) is 21.1. The fraction of sp³-hybridized carbons (Fsp3) is 0.100. The number of phenols is 1. The number of carbonyl (C=O) groups is 4. The Balaban J connectivity index is 1.79. The number of carboxylic acid groups (broad SMARTS) is 1. The lowest BCUT2D eigenvalue weighted by molar-refractivity contribution is -0.123. The zero-order valence-electron chi connectivity index (χ0n) is 15.1. The van der Waals surface area contributed by atoms with Gasteiger partial charge >= 0.3 is 11.9 Å². The van der Waals surface area contributed by atoms with Crippen LogP contribution >= 0.6 is 11.8 Å². The number of amides is 2. The molecule has 2 N–H and O–H groups in total. The number of thioether (sulfide) groups is 1. The maximum Gasteiger partial charge on any atom is 0.339 e. The van der Waals surface area contributed by atoms with Crippen molar-refractivity contribution in [3.63, 3.8) is 0 Å². The van der Waals surface area contributed by atoms with E-state index in [1.54, 1.807) is 24.3 Å². The van der Waals surface area contributed by atoms with Gasteiger partial charge in [0, 0.05) is 0 Å². The van der Waals surface area contributed by atoms with Crippen LogP contribution in [0.25, 0.3) is 6.08 Å². The first-order valence-corrected chi connectivity index (χ1v) is 9.10. The lowest BCUT2D eigenvalue weighted by atomic mass is 10.1. The summed E-state index contributed by atoms with van der Waals surface area (Å²) in [6, 6.07) is 10.2. The van der Waals surface area contributed by atoms with Crippen LogP contribution in [0.4, 0.5) is 4.79 Å². The number of rotatable bonds is 5. The summed E-state index contributed by atoms with van der Waals surface area (Å²) in [5, 5.41) is 18.2. The third-order valence-corrected chi connectivity index (χ3v) is 5.05. The van der Waals surface area contributed by atoms with E-state index in [9.17, 15) is 24.3 Å². The molecule has 0 bridgehead atoms. The number of aromatic carboxylic acids is 1. The smallest absolute Gasteiger partial charge is 0.339 e. The highest BCUT2D eigenvalue weighted by Gasteiger charge is 2.35. The van der Waals surface area contributed by atoms with Gasteiger partial charge < -0.3 is 14.9 Å². The second-order valence-corrected chi connectivity index (χ2v) is 7.03. The summed E-state index contributed by atoms with van der Waals surface area (Å²) >= 11 is 0.740. The van der Waals surface area contributed by atoms with Gasteiger partial charge in [0.05, 0.1) is 24.1 Å². The van der Waals surface area contributed by atoms with E-state index in [1.807, 2.05) is 0 Å². The number of hydrogen-bond acceptors (Lipinski definition) is 7. The summed E-state index contributed by atoms with van der Waals surface area (Å²) in [6.45, 7) is 0.0272. The van der Waals surface area contributed by atoms with Crippen molar-refractivity contribution in [2.45, 2.75) is 6.54 Å². The van der Waals surface area contributed by atoms with Crippen molar-refractivity contribution in [1.29, 1.82) is 0 Å². The molecule has 1 saturated heterocycles. The Morgan fingerprint density at radius 3 is 2.45 bits per heavy atom. The Kier molecular flexibility index (Phi) is 5.69. The summed E-state index contributed by atoms with van der Waals surface area (Å²) in [5.74, 6) is -2.69. The number of ether oxygens (including phenoxy) is 1. The van der Waals surface area contributed by atoms with Crippen LogP contribution in [0.2, 0.25) is 0 Å². The molecule has 29 heavy (non-hydrogen) atoms. The average Bonchev–Trinajstić information content (AvgIpc) is 2.96. The van der Waals surface area contributed by atoms with Crippen LogP contribution in [-0.4, -0.2) is 45.3 Å². The van der Waals surface area contributed by atoms with E-state index in [2.05, 4.69) is 4.74 Å². The van der Waals surface area contributed by atoms with Gasteiger partial charge in [-0.2, -0.15) is 0 Å². The van der Waals surface area contributed by atoms with Gasteiger partial charge in [0.25, 0.3) is 11.1 Å². The quantitative estimate of drug-likeness (QED) is 0.566. The van der Waals surface area contributed by atoms with Crippen LogP contribution in [-0.2, 0) is 16.1 Å². The lowest BCUT2D eigenvalue weighted by Gasteiger charge is -2.12. The molecule has 148 valence electrons. The number of carbonyl (C=O) groups excluding carboxylic acids is 3. The molecule has 1 heterocycles. The molecule has 1 aliphatic rings. The molecule has 2 amide bonds. The maximum atomic E-state index is 12.6. The zero-order valence-corrected chi connectivity index (χ0v) is 15.9. The number of aromatic hydroxyl groups is 1. The van der Waals surface area contributed by atoms with Crippen molar-refractivity contribution in [1.82, 2.24) is 4.90 Å². The van der Waals surface area contributed by atoms with E-state index >= 15 is 0 Å². The minimum atomic E-state index is -1.30. The van der Waals surface area contributed by atoms with Gasteiger partial charge in [-0.1, -0.05) is 18.2 Å². The average molecular weight is 413 g/mol. The molecule has 1 fully saturated rings. The third-order valence-electron chi connectivity index (χ3n) is 4.14. The normalized spacial score (nSPS) is 15.1. The second kappa shape index (κ2) is 8.19. The molecular weight excluding hydrogens is 398 g/mol. The predicted molar refractivity (Wildman–Crippen MR) is 104 cm³/mol. The molecule has 0 aromatic heterocycles. The molecule has 0 aliphatic carbocycles. The monoisotopic (exact) mass is 413 g/mol. The minimum absolute atomic E-state index is 0.0272. The van der Waals surface area contributed by atoms with Gasteiger partial charge in [0.2, 0.25) is 0 Å². The Hall–Kier alpha value is -3.59. The first-order valence-electron chi connectivity index (χ1n) is 8.29. The topological polar surface area (TPSA) is 121 Å². The highest BCUT2D eigenvalue weighted by Crippen LogP contribution is 2.34. The molecule has 1 aliphatic heterocycles. The molecule has 9 heteroatoms. The molecule has 3 rings (SSSR count). The summed E-state index contributed by atoms with van der Waals surface area (Å²) in [5.41, 5.74) is 1.07. The van der Waals surface area contributed by atoms with Gasteiger partial charge in [-0.05, 0) is 53.2 Å². The molecular formula is C20H15NO7S. The van der Waals surface area contributed by atoms with Crippen LogP contribution in [0.3, 0.4) is 0 Å². The Morgan fingerprint density at radius 2 is 1.83 bits per heavy atom. The van der Waals surface area contributed by atoms with Crippen LogP contribution in [0.1, 0.15) is 31.8 Å². The van der Waals surface area contributed by atoms with Crippen molar-refractivity contribution in [2.24, 2.45) is 0 Å². The van der Waals surface area contributed by atoms with Gasteiger partial charge in [0.1, 0.15) is 11.3 Å². The van der Waals surface area contributed by atoms with Crippen molar-refractivity contribution in [3.8, 4) is 5.75 Å².